The summed E-state index contributed by atoms with van der Waals surface area (Å²) in [6.45, 7) is 3.78. The first-order valence-electron chi connectivity index (χ1n) is 9.11. The number of hydrogen-bond donors (Lipinski definition) is 0. The van der Waals surface area contributed by atoms with E-state index in [0.717, 1.165) is 21.3 Å². The van der Waals surface area contributed by atoms with Gasteiger partial charge < -0.3 is 9.47 Å². The second-order valence-corrected chi connectivity index (χ2v) is 9.87. The molecule has 1 aliphatic carbocycles. The number of aliphatic imine (C=N–C) groups is 1. The number of esters is 1. The number of rotatable bonds is 3. The van der Waals surface area contributed by atoms with Crippen LogP contribution in [0.2, 0.25) is 5.02 Å². The fourth-order valence-corrected chi connectivity index (χ4v) is 7.15. The van der Waals surface area contributed by atoms with Crippen molar-refractivity contribution in [1.82, 2.24) is 0 Å². The fraction of sp³-hybridized carbons (Fsp3) is 0.450. The van der Waals surface area contributed by atoms with Crippen LogP contribution in [-0.4, -0.2) is 47.4 Å². The molecular formula is C20H20ClNO4S2. The third-order valence-electron chi connectivity index (χ3n) is 5.53. The van der Waals surface area contributed by atoms with Crippen LogP contribution in [0.25, 0.3) is 0 Å². The quantitative estimate of drug-likeness (QED) is 0.521. The van der Waals surface area contributed by atoms with Crippen molar-refractivity contribution in [1.29, 1.82) is 0 Å². The molecule has 28 heavy (non-hydrogen) atoms. The highest BCUT2D eigenvalue weighted by Crippen LogP contribution is 2.57. The highest BCUT2D eigenvalue weighted by Gasteiger charge is 2.70. The van der Waals surface area contributed by atoms with Crippen LogP contribution in [0.1, 0.15) is 31.7 Å². The Morgan fingerprint density at radius 3 is 2.64 bits per heavy atom. The third-order valence-corrected chi connectivity index (χ3v) is 8.50. The van der Waals surface area contributed by atoms with Crippen LogP contribution in [0.15, 0.2) is 39.1 Å². The Bertz CT molecular complexity index is 877. The Hall–Kier alpha value is -1.44. The summed E-state index contributed by atoms with van der Waals surface area (Å²) in [5.41, 5.74) is -1.19. The van der Waals surface area contributed by atoms with Gasteiger partial charge in [-0.2, -0.15) is 0 Å². The van der Waals surface area contributed by atoms with Gasteiger partial charge in [-0.25, -0.2) is 9.79 Å². The van der Waals surface area contributed by atoms with E-state index in [1.807, 2.05) is 12.1 Å². The maximum absolute atomic E-state index is 13.3. The van der Waals surface area contributed by atoms with Crippen molar-refractivity contribution in [3.05, 3.63) is 44.7 Å². The summed E-state index contributed by atoms with van der Waals surface area (Å²) in [6.07, 6.45) is 1.47. The minimum absolute atomic E-state index is 0.00947. The van der Waals surface area contributed by atoms with Gasteiger partial charge in [-0.3, -0.25) is 4.79 Å². The SMILES string of the molecule is CCOC(=O)[C@@]12N=CO[C@]1(C)C(=C1SCCS1)C(=O)C[C@@H]2c1ccc(Cl)cc1. The summed E-state index contributed by atoms with van der Waals surface area (Å²) >= 11 is 9.33. The number of ether oxygens (including phenoxy) is 2. The predicted molar refractivity (Wildman–Crippen MR) is 113 cm³/mol. The van der Waals surface area contributed by atoms with Crippen molar-refractivity contribution in [3.63, 3.8) is 0 Å². The molecule has 2 aliphatic heterocycles. The van der Waals surface area contributed by atoms with Crippen molar-refractivity contribution in [3.8, 4) is 0 Å². The highest BCUT2D eigenvalue weighted by atomic mass is 35.5. The summed E-state index contributed by atoms with van der Waals surface area (Å²) in [4.78, 5) is 31.2. The molecule has 8 heteroatoms. The monoisotopic (exact) mass is 437 g/mol. The van der Waals surface area contributed by atoms with Crippen molar-refractivity contribution < 1.29 is 19.1 Å². The molecule has 3 aliphatic rings. The number of fused-ring (bicyclic) bond motifs is 1. The summed E-state index contributed by atoms with van der Waals surface area (Å²) in [7, 11) is 0. The van der Waals surface area contributed by atoms with Gasteiger partial charge in [-0.05, 0) is 31.5 Å². The van der Waals surface area contributed by atoms with E-state index in [1.165, 1.54) is 6.40 Å². The molecule has 0 aromatic heterocycles. The topological polar surface area (TPSA) is 65.0 Å². The maximum atomic E-state index is 13.3. The molecule has 0 amide bonds. The van der Waals surface area contributed by atoms with E-state index in [2.05, 4.69) is 4.99 Å². The third kappa shape index (κ3) is 2.82. The molecule has 0 unspecified atom stereocenters. The van der Waals surface area contributed by atoms with Gasteiger partial charge >= 0.3 is 5.97 Å². The maximum Gasteiger partial charge on any atom is 0.339 e. The molecule has 1 aromatic rings. The zero-order chi connectivity index (χ0) is 19.9. The van der Waals surface area contributed by atoms with Crippen LogP contribution < -0.4 is 0 Å². The van der Waals surface area contributed by atoms with Gasteiger partial charge in [0.1, 0.15) is 0 Å². The van der Waals surface area contributed by atoms with Crippen molar-refractivity contribution in [2.24, 2.45) is 4.99 Å². The highest BCUT2D eigenvalue weighted by molar-refractivity contribution is 8.25. The standard InChI is InChI=1S/C20H20ClNO4S2/c1-3-25-18(24)20-14(12-4-6-13(21)7-5-12)10-15(23)16(17-27-8-9-28-17)19(20,2)26-11-22-20/h4-7,11,14H,3,8-10H2,1-2H3/t14-,19-,20-/m1/s1. The zero-order valence-electron chi connectivity index (χ0n) is 15.6. The summed E-state index contributed by atoms with van der Waals surface area (Å²) < 4.78 is 12.4. The molecule has 1 aromatic carbocycles. The smallest absolute Gasteiger partial charge is 0.339 e. The van der Waals surface area contributed by atoms with Crippen LogP contribution in [-0.2, 0) is 19.1 Å². The van der Waals surface area contributed by atoms with E-state index in [-0.39, 0.29) is 18.8 Å². The lowest BCUT2D eigenvalue weighted by Crippen LogP contribution is -2.64. The predicted octanol–water partition coefficient (Wildman–Crippen LogP) is 4.21. The van der Waals surface area contributed by atoms with Gasteiger partial charge in [0.25, 0.3) is 0 Å². The number of nitrogens with zero attached hydrogens (tertiary/aromatic N) is 1. The molecule has 3 atom stereocenters. The average molecular weight is 438 g/mol. The number of Topliss-reactive ketones (excluding diaryl/α,β-unsaturated/α-hetero) is 1. The second kappa shape index (κ2) is 7.43. The molecular weight excluding hydrogens is 418 g/mol. The van der Waals surface area contributed by atoms with Gasteiger partial charge in [0.05, 0.1) is 16.4 Å². The van der Waals surface area contributed by atoms with E-state index < -0.39 is 23.0 Å². The van der Waals surface area contributed by atoms with Gasteiger partial charge in [0, 0.05) is 28.9 Å². The molecule has 0 N–H and O–H groups in total. The molecule has 5 nitrogen and oxygen atoms in total. The Kier molecular flexibility index (Phi) is 5.27. The molecule has 1 saturated heterocycles. The number of thioether (sulfide) groups is 2. The second-order valence-electron chi connectivity index (χ2n) is 6.96. The van der Waals surface area contributed by atoms with Crippen molar-refractivity contribution in [2.45, 2.75) is 37.3 Å². The Balaban J connectivity index is 1.92. The molecule has 2 heterocycles. The minimum Gasteiger partial charge on any atom is -0.469 e. The van der Waals surface area contributed by atoms with Crippen LogP contribution in [0.5, 0.6) is 0 Å². The molecule has 0 radical (unpaired) electrons. The van der Waals surface area contributed by atoms with Crippen LogP contribution in [0.4, 0.5) is 0 Å². The Morgan fingerprint density at radius 2 is 2.00 bits per heavy atom. The van der Waals surface area contributed by atoms with E-state index >= 15 is 0 Å². The summed E-state index contributed by atoms with van der Waals surface area (Å²) in [5, 5.41) is 0.589. The van der Waals surface area contributed by atoms with Crippen molar-refractivity contribution >= 4 is 53.3 Å². The largest absolute Gasteiger partial charge is 0.469 e. The van der Waals surface area contributed by atoms with Gasteiger partial charge in [-0.1, -0.05) is 23.7 Å². The lowest BCUT2D eigenvalue weighted by molar-refractivity contribution is -0.158. The lowest BCUT2D eigenvalue weighted by atomic mass is 9.60. The molecule has 1 saturated carbocycles. The molecule has 0 bridgehead atoms. The van der Waals surface area contributed by atoms with Crippen LogP contribution >= 0.6 is 35.1 Å². The van der Waals surface area contributed by atoms with Gasteiger partial charge in [-0.15, -0.1) is 23.5 Å². The van der Waals surface area contributed by atoms with Crippen LogP contribution in [0, 0.1) is 0 Å². The molecule has 0 spiro atoms. The number of benzene rings is 1. The summed E-state index contributed by atoms with van der Waals surface area (Å²) in [5.74, 6) is 0.886. The molecule has 2 fully saturated rings. The first kappa shape index (κ1) is 19.9. The number of carbonyl (C=O) groups excluding carboxylic acids is 2. The zero-order valence-corrected chi connectivity index (χ0v) is 18.0. The van der Waals surface area contributed by atoms with E-state index in [1.54, 1.807) is 49.5 Å². The minimum atomic E-state index is -1.35. The Labute approximate surface area is 177 Å². The fourth-order valence-electron chi connectivity index (χ4n) is 4.25. The average Bonchev–Trinajstić information content (AvgIpc) is 3.30. The van der Waals surface area contributed by atoms with E-state index in [9.17, 15) is 9.59 Å². The van der Waals surface area contributed by atoms with E-state index in [4.69, 9.17) is 21.1 Å². The molecule has 148 valence electrons. The number of hydrogen-bond acceptors (Lipinski definition) is 7. The van der Waals surface area contributed by atoms with Gasteiger partial charge in [0.15, 0.2) is 17.8 Å². The first-order chi connectivity index (χ1) is 13.4. The number of carbonyl (C=O) groups is 2. The van der Waals surface area contributed by atoms with Crippen molar-refractivity contribution in [2.75, 3.05) is 18.1 Å². The van der Waals surface area contributed by atoms with E-state index in [0.29, 0.717) is 10.6 Å². The number of halogens is 1. The first-order valence-corrected chi connectivity index (χ1v) is 11.5. The number of ketones is 1. The summed E-state index contributed by atoms with van der Waals surface area (Å²) in [6, 6.07) is 7.20. The lowest BCUT2D eigenvalue weighted by Gasteiger charge is -2.47. The Morgan fingerprint density at radius 1 is 1.32 bits per heavy atom. The van der Waals surface area contributed by atoms with Crippen LogP contribution in [0.3, 0.4) is 0 Å². The normalized spacial score (nSPS) is 31.7. The molecule has 4 rings (SSSR count). The van der Waals surface area contributed by atoms with Gasteiger partial charge in [0.2, 0.25) is 5.54 Å².